The molecule has 0 radical (unpaired) electrons. The molecule has 0 aromatic heterocycles. The Labute approximate surface area is 155 Å². The molecule has 1 rings (SSSR count). The first-order chi connectivity index (χ1) is 10.9. The van der Waals surface area contributed by atoms with Crippen LogP contribution in [0.25, 0.3) is 0 Å². The van der Waals surface area contributed by atoms with E-state index in [4.69, 9.17) is 0 Å². The van der Waals surface area contributed by atoms with Crippen LogP contribution in [0.2, 0.25) is 0 Å². The van der Waals surface area contributed by atoms with E-state index in [1.54, 1.807) is 11.1 Å². The van der Waals surface area contributed by atoms with Crippen molar-refractivity contribution in [1.29, 1.82) is 0 Å². The number of rotatable bonds is 8. The average molecular weight is 366 g/mol. The average Bonchev–Trinajstić information content (AvgIpc) is 2.48. The molecule has 138 valence electrons. The van der Waals surface area contributed by atoms with Gasteiger partial charge in [0.25, 0.3) is 0 Å². The highest BCUT2D eigenvalue weighted by molar-refractivity contribution is 7.98. The van der Waals surface area contributed by atoms with Gasteiger partial charge in [0, 0.05) is 35.0 Å². The van der Waals surface area contributed by atoms with E-state index in [1.165, 1.54) is 12.3 Å². The fourth-order valence-corrected chi connectivity index (χ4v) is 8.43. The number of benzene rings is 1. The molecule has 0 atom stereocenters. The van der Waals surface area contributed by atoms with Crippen molar-refractivity contribution in [2.75, 3.05) is 0 Å². The second kappa shape index (κ2) is 8.73. The molecule has 0 saturated carbocycles. The maximum absolute atomic E-state index is 2.52. The van der Waals surface area contributed by atoms with Gasteiger partial charge in [-0.25, -0.2) is 0 Å². The Hall–Kier alpha value is 0.210. The summed E-state index contributed by atoms with van der Waals surface area (Å²) in [5, 5.41) is 0. The lowest BCUT2D eigenvalue weighted by molar-refractivity contribution is 0.975. The topological polar surface area (TPSA) is 0 Å². The van der Waals surface area contributed by atoms with Gasteiger partial charge in [0.1, 0.15) is 15.1 Å². The summed E-state index contributed by atoms with van der Waals surface area (Å²) in [5.74, 6) is 0. The third-order valence-electron chi connectivity index (χ3n) is 4.48. The van der Waals surface area contributed by atoms with Crippen LogP contribution in [0.5, 0.6) is 0 Å². The van der Waals surface area contributed by atoms with Crippen molar-refractivity contribution in [2.45, 2.75) is 90.3 Å². The summed E-state index contributed by atoms with van der Waals surface area (Å²) in [7, 11) is -0.555. The van der Waals surface area contributed by atoms with Crippen molar-refractivity contribution >= 4 is 29.4 Å². The predicted molar refractivity (Wildman–Crippen MR) is 128 cm³/mol. The smallest absolute Gasteiger partial charge is 0.127 e. The van der Waals surface area contributed by atoms with Crippen LogP contribution in [0.4, 0.5) is 0 Å². The quantitative estimate of drug-likeness (QED) is 0.453. The summed E-state index contributed by atoms with van der Waals surface area (Å²) in [6.07, 6.45) is 2.91. The van der Waals surface area contributed by atoms with Crippen molar-refractivity contribution in [3.63, 3.8) is 0 Å². The Morgan fingerprint density at radius 2 is 0.875 bits per heavy atom. The normalized spacial score (nSPS) is 13.6. The molecule has 0 bridgehead atoms. The van der Waals surface area contributed by atoms with Crippen LogP contribution in [0.15, 0.2) is 24.3 Å². The standard InChI is InChI=1S/C20H42B2P2/c1-15(2)23(21,16(3)4)13-19-11-9-10-12-20(19)14-24(22,17(5)6)18(7)8/h9-12,15-18H,13-14H2,1-8,21-22H3. The van der Waals surface area contributed by atoms with E-state index in [0.717, 1.165) is 22.6 Å². The van der Waals surface area contributed by atoms with E-state index in [1.807, 2.05) is 0 Å². The molecular formula is C20H42B2P2. The van der Waals surface area contributed by atoms with Crippen LogP contribution in [-0.4, -0.2) is 37.8 Å². The lowest BCUT2D eigenvalue weighted by Crippen LogP contribution is -2.20. The van der Waals surface area contributed by atoms with Crippen molar-refractivity contribution in [1.82, 2.24) is 0 Å². The van der Waals surface area contributed by atoms with Crippen LogP contribution in [-0.2, 0) is 12.3 Å². The van der Waals surface area contributed by atoms with Gasteiger partial charge in [0.2, 0.25) is 0 Å². The molecule has 0 nitrogen and oxygen atoms in total. The van der Waals surface area contributed by atoms with Gasteiger partial charge in [-0.15, -0.1) is 14.3 Å². The molecule has 0 unspecified atom stereocenters. The highest BCUT2D eigenvalue weighted by Crippen LogP contribution is 2.67. The van der Waals surface area contributed by atoms with Gasteiger partial charge in [-0.05, 0) is 66.5 Å². The first-order valence-electron chi connectivity index (χ1n) is 8.82. The predicted octanol–water partition coefficient (Wildman–Crippen LogP) is 4.92. The largest absolute Gasteiger partial charge is 0.149 e. The summed E-state index contributed by atoms with van der Waals surface area (Å²) in [5.41, 5.74) is 7.23. The second-order valence-electron chi connectivity index (χ2n) is 7.49. The van der Waals surface area contributed by atoms with Crippen molar-refractivity contribution < 1.29 is 0 Å². The molecule has 24 heavy (non-hydrogen) atoms. The molecule has 0 aliphatic rings. The van der Waals surface area contributed by atoms with E-state index in [-0.39, 0.29) is 0 Å². The fraction of sp³-hybridized carbons (Fsp3) is 0.700. The Kier molecular flexibility index (Phi) is 8.10. The molecule has 0 spiro atoms. The van der Waals surface area contributed by atoms with Gasteiger partial charge in [-0.3, -0.25) is 0 Å². The molecule has 0 saturated heterocycles. The monoisotopic (exact) mass is 366 g/mol. The van der Waals surface area contributed by atoms with E-state index < -0.39 is 14.3 Å². The zero-order valence-electron chi connectivity index (χ0n) is 15.9. The maximum atomic E-state index is 2.52. The molecule has 1 aromatic rings. The fourth-order valence-electron chi connectivity index (χ4n) is 3.18. The summed E-state index contributed by atoms with van der Waals surface area (Å²) in [6, 6.07) is 9.58. The highest BCUT2D eigenvalue weighted by atomic mass is 31.2. The van der Waals surface area contributed by atoms with Crippen molar-refractivity contribution in [3.8, 4) is 0 Å². The highest BCUT2D eigenvalue weighted by Gasteiger charge is 2.36. The Morgan fingerprint density at radius 1 is 0.625 bits per heavy atom. The minimum Gasteiger partial charge on any atom is -0.149 e. The summed E-state index contributed by atoms with van der Waals surface area (Å²) in [4.78, 5) is 0. The zero-order chi connectivity index (χ0) is 18.7. The lowest BCUT2D eigenvalue weighted by Gasteiger charge is -2.41. The summed E-state index contributed by atoms with van der Waals surface area (Å²) in [6.45, 7) is 20.1. The number of hydrogen-bond donors (Lipinski definition) is 0. The van der Waals surface area contributed by atoms with Gasteiger partial charge in [-0.1, -0.05) is 24.3 Å². The van der Waals surface area contributed by atoms with E-state index in [9.17, 15) is 0 Å². The van der Waals surface area contributed by atoms with Crippen LogP contribution in [0.1, 0.15) is 66.5 Å². The van der Waals surface area contributed by atoms with Gasteiger partial charge in [-0.2, -0.15) is 0 Å². The first-order valence-corrected chi connectivity index (χ1v) is 12.1. The SMILES string of the molecule is [BH3-][P+](Cc1ccccc1C[P+]([BH3-])(C(C)C)C(C)C)(C(C)C)C(C)C. The second-order valence-corrected chi connectivity index (χ2v) is 14.3. The number of hydrogen-bond acceptors (Lipinski definition) is 0. The van der Waals surface area contributed by atoms with Gasteiger partial charge >= 0.3 is 0 Å². The zero-order valence-corrected chi connectivity index (χ0v) is 17.7. The molecule has 0 amide bonds. The van der Waals surface area contributed by atoms with Crippen molar-refractivity contribution in [3.05, 3.63) is 35.4 Å². The molecule has 0 N–H and O–H groups in total. The van der Waals surface area contributed by atoms with Gasteiger partial charge in [0.05, 0.1) is 0 Å². The molecule has 0 heterocycles. The van der Waals surface area contributed by atoms with Crippen LogP contribution >= 0.6 is 14.3 Å². The molecular weight excluding hydrogens is 324 g/mol. The minimum atomic E-state index is -0.692. The van der Waals surface area contributed by atoms with E-state index >= 15 is 0 Å². The Bertz CT molecular complexity index is 461. The Balaban J connectivity index is 3.22. The van der Waals surface area contributed by atoms with Crippen LogP contribution in [0, 0.1) is 0 Å². The molecule has 0 aliphatic heterocycles. The van der Waals surface area contributed by atoms with E-state index in [0.29, 0.717) is 15.1 Å². The molecule has 0 fully saturated rings. The summed E-state index contributed by atoms with van der Waals surface area (Å²) >= 11 is 0. The Morgan fingerprint density at radius 3 is 1.08 bits per heavy atom. The third-order valence-corrected chi connectivity index (χ3v) is 11.2. The van der Waals surface area contributed by atoms with Crippen LogP contribution in [0.3, 0.4) is 0 Å². The first kappa shape index (κ1) is 22.3. The van der Waals surface area contributed by atoms with E-state index in [2.05, 4.69) is 79.7 Å². The minimum absolute atomic E-state index is 0.415. The molecule has 0 aliphatic carbocycles. The van der Waals surface area contributed by atoms with Crippen LogP contribution < -0.4 is 0 Å². The van der Waals surface area contributed by atoms with Gasteiger partial charge in [0.15, 0.2) is 0 Å². The lowest BCUT2D eigenvalue weighted by atomic mass is 10.1. The maximum Gasteiger partial charge on any atom is 0.127 e. The van der Waals surface area contributed by atoms with Crippen molar-refractivity contribution in [2.24, 2.45) is 0 Å². The van der Waals surface area contributed by atoms with Gasteiger partial charge < -0.3 is 0 Å². The molecule has 1 aromatic carbocycles. The molecule has 4 heteroatoms. The third kappa shape index (κ3) is 4.89. The summed E-state index contributed by atoms with van der Waals surface area (Å²) < 4.78 is 0.